The summed E-state index contributed by atoms with van der Waals surface area (Å²) in [5.41, 5.74) is 3.83. The standard InChI is InChI=1S/C29H29N3O5S/c33-28-24-10-4-5-11-27(24)38(35,36)31(28)17-7-6-16-30-18-14-23(15-19-30)32-25-20-22(21-8-2-1-3-9-21)12-13-26(25)37-29(32)34/h1-5,8-13,20,23H,6-7,14-19H2. The summed E-state index contributed by atoms with van der Waals surface area (Å²) in [6.07, 6.45) is 3.05. The first-order valence-electron chi connectivity index (χ1n) is 13.0. The van der Waals surface area contributed by atoms with Crippen molar-refractivity contribution in [1.82, 2.24) is 13.8 Å². The Kier molecular flexibility index (Phi) is 6.41. The topological polar surface area (TPSA) is 92.8 Å². The fourth-order valence-electron chi connectivity index (χ4n) is 5.63. The maximum Gasteiger partial charge on any atom is 0.420 e. The Hall–Kier alpha value is -3.69. The Balaban J connectivity index is 1.05. The van der Waals surface area contributed by atoms with E-state index >= 15 is 0 Å². The predicted molar refractivity (Wildman–Crippen MR) is 145 cm³/mol. The minimum Gasteiger partial charge on any atom is -0.408 e. The van der Waals surface area contributed by atoms with Gasteiger partial charge in [0.1, 0.15) is 4.90 Å². The van der Waals surface area contributed by atoms with Gasteiger partial charge in [-0.3, -0.25) is 9.36 Å². The summed E-state index contributed by atoms with van der Waals surface area (Å²) in [7, 11) is -3.75. The Bertz CT molecular complexity index is 1650. The molecule has 1 aromatic heterocycles. The molecule has 3 heterocycles. The van der Waals surface area contributed by atoms with Crippen LogP contribution in [0, 0.1) is 0 Å². The summed E-state index contributed by atoms with van der Waals surface area (Å²) >= 11 is 0. The van der Waals surface area contributed by atoms with Gasteiger partial charge in [0.2, 0.25) is 0 Å². The number of hydrogen-bond donors (Lipinski definition) is 0. The Morgan fingerprint density at radius 1 is 0.816 bits per heavy atom. The van der Waals surface area contributed by atoms with Crippen molar-refractivity contribution in [1.29, 1.82) is 0 Å². The molecule has 38 heavy (non-hydrogen) atoms. The van der Waals surface area contributed by atoms with E-state index in [2.05, 4.69) is 17.0 Å². The van der Waals surface area contributed by atoms with Gasteiger partial charge in [-0.25, -0.2) is 17.5 Å². The number of sulfonamides is 1. The number of carbonyl (C=O) groups is 1. The fourth-order valence-corrected chi connectivity index (χ4v) is 7.24. The molecule has 6 rings (SSSR count). The maximum atomic E-state index is 12.8. The monoisotopic (exact) mass is 531 g/mol. The van der Waals surface area contributed by atoms with Crippen molar-refractivity contribution in [2.45, 2.75) is 36.6 Å². The third-order valence-corrected chi connectivity index (χ3v) is 9.48. The fraction of sp³-hybridized carbons (Fsp3) is 0.310. The number of hydrogen-bond acceptors (Lipinski definition) is 6. The number of unbranched alkanes of at least 4 members (excludes halogenated alkanes) is 1. The third-order valence-electron chi connectivity index (χ3n) is 7.64. The number of fused-ring (bicyclic) bond motifs is 2. The number of likely N-dealkylation sites (tertiary alicyclic amines) is 1. The van der Waals surface area contributed by atoms with Crippen molar-refractivity contribution in [2.75, 3.05) is 26.2 Å². The van der Waals surface area contributed by atoms with E-state index in [-0.39, 0.29) is 28.8 Å². The molecule has 0 aliphatic carbocycles. The van der Waals surface area contributed by atoms with E-state index in [1.165, 1.54) is 6.07 Å². The van der Waals surface area contributed by atoms with Crippen molar-refractivity contribution in [3.05, 3.63) is 88.9 Å². The van der Waals surface area contributed by atoms with Crippen LogP contribution in [0.3, 0.4) is 0 Å². The molecule has 0 bridgehead atoms. The second-order valence-electron chi connectivity index (χ2n) is 9.94. The highest BCUT2D eigenvalue weighted by molar-refractivity contribution is 7.90. The van der Waals surface area contributed by atoms with E-state index in [0.29, 0.717) is 12.0 Å². The van der Waals surface area contributed by atoms with Crippen LogP contribution in [0.25, 0.3) is 22.2 Å². The second-order valence-corrected chi connectivity index (χ2v) is 11.8. The van der Waals surface area contributed by atoms with E-state index in [1.807, 2.05) is 36.4 Å². The molecule has 1 fully saturated rings. The molecule has 0 atom stereocenters. The number of piperidine rings is 1. The summed E-state index contributed by atoms with van der Waals surface area (Å²) in [6.45, 7) is 2.69. The highest BCUT2D eigenvalue weighted by Gasteiger charge is 2.40. The highest BCUT2D eigenvalue weighted by Crippen LogP contribution is 2.31. The van der Waals surface area contributed by atoms with Crippen LogP contribution in [-0.4, -0.2) is 54.3 Å². The molecule has 0 spiro atoms. The van der Waals surface area contributed by atoms with Gasteiger partial charge in [-0.15, -0.1) is 0 Å². The molecule has 0 saturated carbocycles. The van der Waals surface area contributed by atoms with Crippen LogP contribution < -0.4 is 5.76 Å². The van der Waals surface area contributed by atoms with Gasteiger partial charge in [-0.05, 0) is 67.6 Å². The van der Waals surface area contributed by atoms with Crippen molar-refractivity contribution >= 4 is 27.0 Å². The molecule has 0 unspecified atom stereocenters. The van der Waals surface area contributed by atoms with Crippen LogP contribution in [-0.2, 0) is 10.0 Å². The molecule has 2 aliphatic rings. The molecule has 1 amide bonds. The van der Waals surface area contributed by atoms with Crippen molar-refractivity contribution in [3.63, 3.8) is 0 Å². The summed E-state index contributed by atoms with van der Waals surface area (Å²) in [5, 5.41) is 0. The Morgan fingerprint density at radius 2 is 1.53 bits per heavy atom. The SMILES string of the molecule is O=C1c2ccccc2S(=O)(=O)N1CCCCN1CCC(n2c(=O)oc3ccc(-c4ccccc4)cc32)CC1. The quantitative estimate of drug-likeness (QED) is 0.326. The van der Waals surface area contributed by atoms with Crippen LogP contribution in [0.2, 0.25) is 0 Å². The number of aromatic nitrogens is 1. The van der Waals surface area contributed by atoms with Gasteiger partial charge in [0.05, 0.1) is 11.1 Å². The average Bonchev–Trinajstić information content (AvgIpc) is 3.37. The van der Waals surface area contributed by atoms with Crippen LogP contribution in [0.1, 0.15) is 42.1 Å². The van der Waals surface area contributed by atoms with E-state index in [0.717, 1.165) is 59.8 Å². The predicted octanol–water partition coefficient (Wildman–Crippen LogP) is 4.52. The molecule has 0 N–H and O–H groups in total. The lowest BCUT2D eigenvalue weighted by atomic mass is 10.0. The van der Waals surface area contributed by atoms with Crippen LogP contribution in [0.5, 0.6) is 0 Å². The molecular formula is C29H29N3O5S. The lowest BCUT2D eigenvalue weighted by molar-refractivity contribution is 0.0868. The largest absolute Gasteiger partial charge is 0.420 e. The molecule has 2 aliphatic heterocycles. The van der Waals surface area contributed by atoms with Gasteiger partial charge in [0.25, 0.3) is 15.9 Å². The summed E-state index contributed by atoms with van der Waals surface area (Å²) < 4.78 is 33.8. The number of amides is 1. The number of nitrogens with zero attached hydrogens (tertiary/aromatic N) is 3. The Labute approximate surface area is 221 Å². The first kappa shape index (κ1) is 24.6. The average molecular weight is 532 g/mol. The number of carbonyl (C=O) groups excluding carboxylic acids is 1. The van der Waals surface area contributed by atoms with Gasteiger partial charge in [-0.2, -0.15) is 0 Å². The van der Waals surface area contributed by atoms with E-state index in [1.54, 1.807) is 22.8 Å². The van der Waals surface area contributed by atoms with Crippen molar-refractivity contribution in [2.24, 2.45) is 0 Å². The van der Waals surface area contributed by atoms with Crippen molar-refractivity contribution < 1.29 is 17.6 Å². The smallest absolute Gasteiger partial charge is 0.408 e. The summed E-state index contributed by atoms with van der Waals surface area (Å²) in [4.78, 5) is 27.8. The highest BCUT2D eigenvalue weighted by atomic mass is 32.2. The van der Waals surface area contributed by atoms with Gasteiger partial charge in [-0.1, -0.05) is 48.5 Å². The summed E-state index contributed by atoms with van der Waals surface area (Å²) in [5.74, 6) is -0.754. The third kappa shape index (κ3) is 4.35. The zero-order valence-electron chi connectivity index (χ0n) is 21.0. The molecule has 0 radical (unpaired) electrons. The molecule has 8 nitrogen and oxygen atoms in total. The molecule has 9 heteroatoms. The second kappa shape index (κ2) is 9.89. The van der Waals surface area contributed by atoms with Crippen LogP contribution >= 0.6 is 0 Å². The minimum atomic E-state index is -3.75. The van der Waals surface area contributed by atoms with Gasteiger partial charge >= 0.3 is 5.76 Å². The number of benzene rings is 3. The number of rotatable bonds is 7. The zero-order chi connectivity index (χ0) is 26.3. The number of oxazole rings is 1. The normalized spacial score (nSPS) is 17.8. The lowest BCUT2D eigenvalue weighted by Gasteiger charge is -2.32. The molecule has 4 aromatic rings. The van der Waals surface area contributed by atoms with E-state index < -0.39 is 15.9 Å². The first-order chi connectivity index (χ1) is 18.4. The lowest BCUT2D eigenvalue weighted by Crippen LogP contribution is -2.37. The first-order valence-corrected chi connectivity index (χ1v) is 14.5. The van der Waals surface area contributed by atoms with Crippen LogP contribution in [0.4, 0.5) is 0 Å². The van der Waals surface area contributed by atoms with Crippen molar-refractivity contribution in [3.8, 4) is 11.1 Å². The molecule has 1 saturated heterocycles. The van der Waals surface area contributed by atoms with E-state index in [4.69, 9.17) is 4.42 Å². The molecule has 196 valence electrons. The van der Waals surface area contributed by atoms with Crippen LogP contribution in [0.15, 0.2) is 86.9 Å². The van der Waals surface area contributed by atoms with Gasteiger partial charge in [0, 0.05) is 25.7 Å². The Morgan fingerprint density at radius 3 is 2.29 bits per heavy atom. The maximum absolute atomic E-state index is 12.8. The molecule has 3 aromatic carbocycles. The van der Waals surface area contributed by atoms with Gasteiger partial charge < -0.3 is 9.32 Å². The van der Waals surface area contributed by atoms with E-state index in [9.17, 15) is 18.0 Å². The summed E-state index contributed by atoms with van der Waals surface area (Å²) in [6, 6.07) is 22.4. The zero-order valence-corrected chi connectivity index (χ0v) is 21.8. The molecular weight excluding hydrogens is 502 g/mol. The minimum absolute atomic E-state index is 0.0666. The van der Waals surface area contributed by atoms with Gasteiger partial charge in [0.15, 0.2) is 5.58 Å².